The molecule has 3 rings (SSSR count). The molecule has 19 heavy (non-hydrogen) atoms. The maximum Gasteiger partial charge on any atom is 0.371 e. The number of fused-ring (bicyclic) bond motifs is 1. The van der Waals surface area contributed by atoms with Crippen LogP contribution in [0.1, 0.15) is 35.4 Å². The van der Waals surface area contributed by atoms with Gasteiger partial charge in [-0.25, -0.2) is 4.79 Å². The third kappa shape index (κ3) is 2.96. The Morgan fingerprint density at radius 3 is 2.95 bits per heavy atom. The number of aromatic carboxylic acids is 1. The van der Waals surface area contributed by atoms with Crippen molar-refractivity contribution in [1.29, 1.82) is 0 Å². The third-order valence-corrected chi connectivity index (χ3v) is 3.55. The van der Waals surface area contributed by atoms with Crippen LogP contribution in [0.5, 0.6) is 0 Å². The Morgan fingerprint density at radius 1 is 1.37 bits per heavy atom. The molecule has 0 aliphatic heterocycles. The molecule has 1 saturated carbocycles. The number of furan rings is 1. The molecule has 100 valence electrons. The second-order valence-electron chi connectivity index (χ2n) is 5.20. The molecule has 0 saturated heterocycles. The van der Waals surface area contributed by atoms with Crippen LogP contribution in [0.3, 0.4) is 0 Å². The highest BCUT2D eigenvalue weighted by molar-refractivity contribution is 5.91. The lowest BCUT2D eigenvalue weighted by Crippen LogP contribution is -2.14. The molecule has 2 aromatic rings. The first-order valence-electron chi connectivity index (χ1n) is 6.69. The van der Waals surface area contributed by atoms with Crippen molar-refractivity contribution in [3.8, 4) is 0 Å². The largest absolute Gasteiger partial charge is 0.475 e. The number of benzene rings is 1. The van der Waals surface area contributed by atoms with Crippen LogP contribution >= 0.6 is 0 Å². The average molecular weight is 259 g/mol. The average Bonchev–Trinajstić information content (AvgIpc) is 3.11. The summed E-state index contributed by atoms with van der Waals surface area (Å²) in [6.45, 7) is 1.87. The van der Waals surface area contributed by atoms with E-state index in [1.54, 1.807) is 6.07 Å². The van der Waals surface area contributed by atoms with Gasteiger partial charge in [-0.2, -0.15) is 0 Å². The second kappa shape index (κ2) is 5.05. The molecule has 1 aromatic carbocycles. The summed E-state index contributed by atoms with van der Waals surface area (Å²) in [6.07, 6.45) is 4.04. The van der Waals surface area contributed by atoms with Crippen molar-refractivity contribution in [3.63, 3.8) is 0 Å². The Hall–Kier alpha value is -1.81. The summed E-state index contributed by atoms with van der Waals surface area (Å²) < 4.78 is 5.23. The Labute approximate surface area is 111 Å². The van der Waals surface area contributed by atoms with Gasteiger partial charge in [0, 0.05) is 11.9 Å². The van der Waals surface area contributed by atoms with Crippen molar-refractivity contribution in [2.24, 2.45) is 5.92 Å². The van der Waals surface area contributed by atoms with Gasteiger partial charge in [-0.3, -0.25) is 0 Å². The first-order valence-corrected chi connectivity index (χ1v) is 6.69. The number of hydrogen-bond donors (Lipinski definition) is 2. The molecular formula is C15H17NO3. The van der Waals surface area contributed by atoms with Crippen molar-refractivity contribution in [3.05, 3.63) is 35.6 Å². The summed E-state index contributed by atoms with van der Waals surface area (Å²) in [5.41, 5.74) is 1.78. The minimum Gasteiger partial charge on any atom is -0.475 e. The van der Waals surface area contributed by atoms with Crippen LogP contribution in [0, 0.1) is 5.92 Å². The zero-order valence-electron chi connectivity index (χ0n) is 10.7. The summed E-state index contributed by atoms with van der Waals surface area (Å²) in [5.74, 6) is -0.0869. The SMILES string of the molecule is O=C(O)c1cc2cc(CNCCC3CC3)ccc2o1. The molecule has 0 bridgehead atoms. The molecule has 1 aromatic heterocycles. The number of hydrogen-bond acceptors (Lipinski definition) is 3. The molecule has 1 fully saturated rings. The minimum absolute atomic E-state index is 0.00570. The van der Waals surface area contributed by atoms with E-state index in [0.717, 1.165) is 30.0 Å². The fourth-order valence-corrected chi connectivity index (χ4v) is 2.25. The van der Waals surface area contributed by atoms with Crippen molar-refractivity contribution >= 4 is 16.9 Å². The van der Waals surface area contributed by atoms with E-state index in [9.17, 15) is 4.79 Å². The van der Waals surface area contributed by atoms with Crippen LogP contribution in [0.25, 0.3) is 11.0 Å². The number of carboxylic acids is 1. The Morgan fingerprint density at radius 2 is 2.21 bits per heavy atom. The number of nitrogens with one attached hydrogen (secondary N) is 1. The van der Waals surface area contributed by atoms with Crippen LogP contribution in [-0.4, -0.2) is 17.6 Å². The highest BCUT2D eigenvalue weighted by Crippen LogP contribution is 2.31. The van der Waals surface area contributed by atoms with Gasteiger partial charge in [0.05, 0.1) is 0 Å². The number of carboxylic acid groups (broad SMARTS) is 1. The molecule has 0 atom stereocenters. The monoisotopic (exact) mass is 259 g/mol. The molecule has 1 aliphatic rings. The van der Waals surface area contributed by atoms with Gasteiger partial charge in [-0.15, -0.1) is 0 Å². The summed E-state index contributed by atoms with van der Waals surface area (Å²) in [7, 11) is 0. The summed E-state index contributed by atoms with van der Waals surface area (Å²) >= 11 is 0. The first kappa shape index (κ1) is 12.2. The molecular weight excluding hydrogens is 242 g/mol. The van der Waals surface area contributed by atoms with E-state index in [1.165, 1.54) is 19.3 Å². The van der Waals surface area contributed by atoms with Crippen LogP contribution in [0.15, 0.2) is 28.7 Å². The van der Waals surface area contributed by atoms with Crippen LogP contribution in [0.2, 0.25) is 0 Å². The molecule has 0 spiro atoms. The maximum atomic E-state index is 10.8. The molecule has 4 heteroatoms. The zero-order valence-corrected chi connectivity index (χ0v) is 10.7. The van der Waals surface area contributed by atoms with Gasteiger partial charge in [0.25, 0.3) is 0 Å². The zero-order chi connectivity index (χ0) is 13.2. The van der Waals surface area contributed by atoms with E-state index in [1.807, 2.05) is 18.2 Å². The number of rotatable bonds is 6. The molecule has 0 unspecified atom stereocenters. The van der Waals surface area contributed by atoms with E-state index < -0.39 is 5.97 Å². The highest BCUT2D eigenvalue weighted by Gasteiger charge is 2.19. The topological polar surface area (TPSA) is 62.5 Å². The van der Waals surface area contributed by atoms with Crippen LogP contribution in [-0.2, 0) is 6.54 Å². The molecule has 2 N–H and O–H groups in total. The Balaban J connectivity index is 1.64. The third-order valence-electron chi connectivity index (χ3n) is 3.55. The lowest BCUT2D eigenvalue weighted by atomic mass is 10.1. The van der Waals surface area contributed by atoms with E-state index in [0.29, 0.717) is 5.58 Å². The minimum atomic E-state index is -1.03. The summed E-state index contributed by atoms with van der Waals surface area (Å²) in [5, 5.41) is 13.1. The Bertz CT molecular complexity index is 598. The van der Waals surface area contributed by atoms with Crippen molar-refractivity contribution in [2.45, 2.75) is 25.8 Å². The Kier molecular flexibility index (Phi) is 3.25. The lowest BCUT2D eigenvalue weighted by molar-refractivity contribution is 0.0665. The van der Waals surface area contributed by atoms with E-state index in [4.69, 9.17) is 9.52 Å². The van der Waals surface area contributed by atoms with E-state index >= 15 is 0 Å². The van der Waals surface area contributed by atoms with Crippen LogP contribution < -0.4 is 5.32 Å². The molecule has 1 aliphatic carbocycles. The standard InChI is InChI=1S/C15H17NO3/c17-15(18)14-8-12-7-11(3-4-13(12)19-14)9-16-6-5-10-1-2-10/h3-4,7-8,10,16H,1-2,5-6,9H2,(H,17,18). The predicted octanol–water partition coefficient (Wildman–Crippen LogP) is 3.02. The van der Waals surface area contributed by atoms with E-state index in [2.05, 4.69) is 5.32 Å². The van der Waals surface area contributed by atoms with Gasteiger partial charge in [0.1, 0.15) is 5.58 Å². The van der Waals surface area contributed by atoms with Gasteiger partial charge in [-0.05, 0) is 42.6 Å². The molecule has 4 nitrogen and oxygen atoms in total. The fourth-order valence-electron chi connectivity index (χ4n) is 2.25. The summed E-state index contributed by atoms with van der Waals surface area (Å²) in [6, 6.07) is 7.36. The van der Waals surface area contributed by atoms with E-state index in [-0.39, 0.29) is 5.76 Å². The maximum absolute atomic E-state index is 10.8. The van der Waals surface area contributed by atoms with Crippen LogP contribution in [0.4, 0.5) is 0 Å². The predicted molar refractivity (Wildman–Crippen MR) is 72.2 cm³/mol. The normalized spacial score (nSPS) is 14.9. The number of carbonyl (C=O) groups is 1. The van der Waals surface area contributed by atoms with Gasteiger partial charge in [-0.1, -0.05) is 18.9 Å². The smallest absolute Gasteiger partial charge is 0.371 e. The first-order chi connectivity index (χ1) is 9.22. The second-order valence-corrected chi connectivity index (χ2v) is 5.20. The quantitative estimate of drug-likeness (QED) is 0.783. The van der Waals surface area contributed by atoms with Crippen molar-refractivity contribution in [1.82, 2.24) is 5.32 Å². The summed E-state index contributed by atoms with van der Waals surface area (Å²) in [4.78, 5) is 10.8. The van der Waals surface area contributed by atoms with Gasteiger partial charge >= 0.3 is 5.97 Å². The molecule has 0 radical (unpaired) electrons. The molecule has 0 amide bonds. The fraction of sp³-hybridized carbons (Fsp3) is 0.400. The molecule has 1 heterocycles. The highest BCUT2D eigenvalue weighted by atomic mass is 16.4. The van der Waals surface area contributed by atoms with Crippen molar-refractivity contribution < 1.29 is 14.3 Å². The van der Waals surface area contributed by atoms with Crippen molar-refractivity contribution in [2.75, 3.05) is 6.54 Å². The van der Waals surface area contributed by atoms with Gasteiger partial charge in [0.15, 0.2) is 0 Å². The van der Waals surface area contributed by atoms with Gasteiger partial charge < -0.3 is 14.8 Å². The van der Waals surface area contributed by atoms with Gasteiger partial charge in [0.2, 0.25) is 5.76 Å². The lowest BCUT2D eigenvalue weighted by Gasteiger charge is -2.04.